The van der Waals surface area contributed by atoms with E-state index >= 15 is 0 Å². The summed E-state index contributed by atoms with van der Waals surface area (Å²) in [5, 5.41) is 20.3. The lowest BCUT2D eigenvalue weighted by Gasteiger charge is -2.64. The predicted molar refractivity (Wildman–Crippen MR) is 139 cm³/mol. The third-order valence-corrected chi connectivity index (χ3v) is 11.6. The average Bonchev–Trinajstić information content (AvgIpc) is 3.62. The van der Waals surface area contributed by atoms with Gasteiger partial charge in [0.05, 0.1) is 18.6 Å². The van der Waals surface area contributed by atoms with Crippen LogP contribution in [-0.4, -0.2) is 49.1 Å². The van der Waals surface area contributed by atoms with Crippen LogP contribution in [0.25, 0.3) is 0 Å². The maximum Gasteiger partial charge on any atom is 0.146 e. The van der Waals surface area contributed by atoms with Gasteiger partial charge in [0, 0.05) is 30.9 Å². The van der Waals surface area contributed by atoms with E-state index in [9.17, 15) is 5.11 Å². The van der Waals surface area contributed by atoms with Crippen LogP contribution in [0.1, 0.15) is 72.1 Å². The van der Waals surface area contributed by atoms with Crippen molar-refractivity contribution in [2.24, 2.45) is 34.3 Å². The molecule has 0 aromatic rings. The molecule has 197 valence electrons. The summed E-state index contributed by atoms with van der Waals surface area (Å²) in [6, 6.07) is 0. The molecule has 6 nitrogen and oxygen atoms in total. The standard InChI is InChI=1S/C30H43N2O4/c1-5-29(33)23-12-18(23)16-36-30(29)11-10-22-21-8-6-20-7-9-24(32)19(15-31)13-27(20,2)26(21)25(35-17-34-4)14-28(22,30)3/h7,12,15,21-22,25-26,31,33H,5-6,8-11,13-14,16-17,32H2,1-4H3/t21?,22?,25-,26?,27?,28?,29?,30+/m0/s1. The summed E-state index contributed by atoms with van der Waals surface area (Å²) in [4.78, 5) is 0. The predicted octanol–water partition coefficient (Wildman–Crippen LogP) is 4.84. The maximum absolute atomic E-state index is 12.2. The smallest absolute Gasteiger partial charge is 0.146 e. The lowest BCUT2D eigenvalue weighted by atomic mass is 9.44. The number of nitrogens with two attached hydrogens (primary N) is 1. The Morgan fingerprint density at radius 2 is 2.11 bits per heavy atom. The molecule has 5 aliphatic carbocycles. The molecule has 1 heterocycles. The Balaban J connectivity index is 1.44. The van der Waals surface area contributed by atoms with Crippen LogP contribution in [0.15, 0.2) is 34.6 Å². The number of nitrogens with one attached hydrogen (secondary N) is 1. The van der Waals surface area contributed by atoms with E-state index in [4.69, 9.17) is 25.4 Å². The minimum Gasteiger partial charge on any atom is -0.402 e. The van der Waals surface area contributed by atoms with Crippen molar-refractivity contribution in [2.45, 2.75) is 89.4 Å². The van der Waals surface area contributed by atoms with E-state index in [1.807, 2.05) is 0 Å². The first kappa shape index (κ1) is 24.8. The molecular weight excluding hydrogens is 452 g/mol. The van der Waals surface area contributed by atoms with Gasteiger partial charge in [0.15, 0.2) is 0 Å². The lowest BCUT2D eigenvalue weighted by molar-refractivity contribution is -0.262. The molecule has 6 rings (SSSR count). The molecule has 0 amide bonds. The topological polar surface area (TPSA) is 97.8 Å². The van der Waals surface area contributed by atoms with Crippen molar-refractivity contribution < 1.29 is 19.3 Å². The second kappa shape index (κ2) is 8.26. The molecule has 36 heavy (non-hydrogen) atoms. The molecule has 8 atom stereocenters. The van der Waals surface area contributed by atoms with E-state index in [2.05, 4.69) is 32.9 Å². The first-order chi connectivity index (χ1) is 17.2. The van der Waals surface area contributed by atoms with Crippen molar-refractivity contribution in [2.75, 3.05) is 20.5 Å². The van der Waals surface area contributed by atoms with E-state index in [-0.39, 0.29) is 23.7 Å². The van der Waals surface area contributed by atoms with Gasteiger partial charge in [-0.05, 0) is 79.3 Å². The third kappa shape index (κ3) is 3.02. The summed E-state index contributed by atoms with van der Waals surface area (Å²) in [7, 11) is 1.69. The number of fused-ring (bicyclic) bond motifs is 7. The second-order valence-corrected chi connectivity index (χ2v) is 12.7. The average molecular weight is 496 g/mol. The van der Waals surface area contributed by atoms with Crippen LogP contribution in [-0.2, 0) is 14.2 Å². The summed E-state index contributed by atoms with van der Waals surface area (Å²) in [6.45, 7) is 7.77. The van der Waals surface area contributed by atoms with Crippen LogP contribution >= 0.6 is 0 Å². The van der Waals surface area contributed by atoms with Gasteiger partial charge in [0.2, 0.25) is 0 Å². The van der Waals surface area contributed by atoms with Gasteiger partial charge in [-0.25, -0.2) is 0 Å². The molecule has 6 unspecified atom stereocenters. The molecule has 0 bridgehead atoms. The molecule has 1 spiro atoms. The Morgan fingerprint density at radius 3 is 2.83 bits per heavy atom. The summed E-state index contributed by atoms with van der Waals surface area (Å²) >= 11 is 0. The van der Waals surface area contributed by atoms with E-state index < -0.39 is 11.2 Å². The van der Waals surface area contributed by atoms with E-state index in [1.54, 1.807) is 7.11 Å². The van der Waals surface area contributed by atoms with Crippen LogP contribution in [0.3, 0.4) is 0 Å². The number of hydrogen-bond acceptors (Lipinski definition) is 6. The molecule has 1 aliphatic heterocycles. The van der Waals surface area contributed by atoms with E-state index in [0.29, 0.717) is 30.8 Å². The highest BCUT2D eigenvalue weighted by Crippen LogP contribution is 2.73. The Labute approximate surface area is 215 Å². The Kier molecular flexibility index (Phi) is 5.70. The van der Waals surface area contributed by atoms with Crippen LogP contribution in [0.5, 0.6) is 0 Å². The highest BCUT2D eigenvalue weighted by molar-refractivity contribution is 5.77. The summed E-state index contributed by atoms with van der Waals surface area (Å²) < 4.78 is 18.8. The third-order valence-electron chi connectivity index (χ3n) is 11.6. The fourth-order valence-corrected chi connectivity index (χ4v) is 9.90. The summed E-state index contributed by atoms with van der Waals surface area (Å²) in [5.41, 5.74) is 9.00. The van der Waals surface area contributed by atoms with Crippen LogP contribution < -0.4 is 5.73 Å². The molecule has 1 radical (unpaired) electrons. The van der Waals surface area contributed by atoms with E-state index in [0.717, 1.165) is 61.8 Å². The number of methoxy groups -OCH3 is 1. The highest BCUT2D eigenvalue weighted by Gasteiger charge is 2.75. The molecule has 4 N–H and O–H groups in total. The molecule has 4 fully saturated rings. The quantitative estimate of drug-likeness (QED) is 0.288. The van der Waals surface area contributed by atoms with Crippen molar-refractivity contribution in [3.8, 4) is 0 Å². The zero-order valence-electron chi connectivity index (χ0n) is 22.4. The Hall–Kier alpha value is -1.47. The van der Waals surface area contributed by atoms with Gasteiger partial charge in [-0.2, -0.15) is 0 Å². The van der Waals surface area contributed by atoms with Crippen molar-refractivity contribution in [3.63, 3.8) is 0 Å². The van der Waals surface area contributed by atoms with Gasteiger partial charge in [0.25, 0.3) is 0 Å². The number of allylic oxidation sites excluding steroid dienone is 3. The second-order valence-electron chi connectivity index (χ2n) is 12.7. The molecule has 6 aliphatic rings. The van der Waals surface area contributed by atoms with Crippen LogP contribution in [0.2, 0.25) is 0 Å². The lowest BCUT2D eigenvalue weighted by Crippen LogP contribution is -2.69. The number of ether oxygens (including phenoxy) is 3. The fraction of sp³-hybridized carbons (Fsp3) is 0.733. The Bertz CT molecular complexity index is 1050. The van der Waals surface area contributed by atoms with Gasteiger partial charge < -0.3 is 30.5 Å². The number of rotatable bonds is 5. The highest BCUT2D eigenvalue weighted by atomic mass is 16.7. The van der Waals surface area contributed by atoms with Gasteiger partial charge in [-0.15, -0.1) is 0 Å². The van der Waals surface area contributed by atoms with E-state index in [1.165, 1.54) is 17.7 Å². The van der Waals surface area contributed by atoms with Gasteiger partial charge >= 0.3 is 0 Å². The molecular formula is C30H43N2O4. The molecule has 6 heteroatoms. The molecule has 0 aromatic heterocycles. The largest absolute Gasteiger partial charge is 0.402 e. The fourth-order valence-electron chi connectivity index (χ4n) is 9.90. The van der Waals surface area contributed by atoms with Crippen LogP contribution in [0.4, 0.5) is 0 Å². The van der Waals surface area contributed by atoms with Gasteiger partial charge in [-0.3, -0.25) is 0 Å². The summed E-state index contributed by atoms with van der Waals surface area (Å²) in [5.74, 6) is 2.42. The zero-order valence-corrected chi connectivity index (χ0v) is 22.4. The van der Waals surface area contributed by atoms with Crippen LogP contribution in [0, 0.1) is 39.9 Å². The molecule has 3 saturated carbocycles. The summed E-state index contributed by atoms with van der Waals surface area (Å²) in [6.07, 6.45) is 13.1. The normalized spacial score (nSPS) is 47.8. The molecule has 1 saturated heterocycles. The number of aliphatic hydroxyl groups is 1. The first-order valence-corrected chi connectivity index (χ1v) is 13.9. The Morgan fingerprint density at radius 1 is 1.31 bits per heavy atom. The number of hydrogen-bond donors (Lipinski definition) is 3. The van der Waals surface area contributed by atoms with Crippen molar-refractivity contribution in [1.82, 2.24) is 0 Å². The maximum atomic E-state index is 12.2. The molecule has 0 aromatic carbocycles. The van der Waals surface area contributed by atoms with Gasteiger partial charge in [-0.1, -0.05) is 38.5 Å². The van der Waals surface area contributed by atoms with Crippen molar-refractivity contribution >= 4 is 6.21 Å². The minimum atomic E-state index is -0.931. The zero-order chi connectivity index (χ0) is 25.5. The monoisotopic (exact) mass is 495 g/mol. The van der Waals surface area contributed by atoms with Crippen molar-refractivity contribution in [1.29, 1.82) is 5.41 Å². The van der Waals surface area contributed by atoms with Gasteiger partial charge in [0.1, 0.15) is 18.0 Å². The SMILES string of the molecule is CCC1(O)C2=C[C]2CO[C@@]12CCC1C3CCC4=CCC(N)=C(C=N)CC4(C)C3[C@@H](OCOC)CC12C. The minimum absolute atomic E-state index is 0.0190. The first-order valence-electron chi connectivity index (χ1n) is 13.9. The van der Waals surface area contributed by atoms with Crippen molar-refractivity contribution in [3.05, 3.63) is 40.5 Å².